The zero-order valence-corrected chi connectivity index (χ0v) is 16.1. The van der Waals surface area contributed by atoms with Crippen molar-refractivity contribution >= 4 is 27.5 Å². The van der Waals surface area contributed by atoms with Crippen molar-refractivity contribution in [2.24, 2.45) is 0 Å². The number of fused-ring (bicyclic) bond motifs is 1. The molecule has 0 bridgehead atoms. The topological polar surface area (TPSA) is 82.3 Å². The molecule has 0 aliphatic rings. The minimum atomic E-state index is -0.647. The van der Waals surface area contributed by atoms with Crippen LogP contribution in [0.3, 0.4) is 0 Å². The summed E-state index contributed by atoms with van der Waals surface area (Å²) in [6, 6.07) is 7.60. The number of carbonyl (C=O) groups excluding carboxylic acids is 1. The smallest absolute Gasteiger partial charge is 0.332 e. The first-order valence-electron chi connectivity index (χ1n) is 8.73. The van der Waals surface area contributed by atoms with Crippen molar-refractivity contribution in [3.05, 3.63) is 67.9 Å². The van der Waals surface area contributed by atoms with E-state index < -0.39 is 17.1 Å². The predicted molar refractivity (Wildman–Crippen MR) is 105 cm³/mol. The first kappa shape index (κ1) is 20.0. The van der Waals surface area contributed by atoms with E-state index in [1.54, 1.807) is 24.6 Å². The third kappa shape index (κ3) is 4.20. The number of amides is 1. The Labute approximate surface area is 164 Å². The predicted octanol–water partition coefficient (Wildman–Crippen LogP) is 1.56. The normalized spacial score (nSPS) is 11.1. The van der Waals surface area contributed by atoms with Crippen LogP contribution in [0, 0.1) is 5.82 Å². The SMILES string of the molecule is COCCCNC(=O)Cn1c(=O)n(Cc2ccccc2F)c(=O)c2sccc21. The highest BCUT2D eigenvalue weighted by Gasteiger charge is 2.17. The maximum Gasteiger partial charge on any atom is 0.332 e. The number of halogens is 1. The van der Waals surface area contributed by atoms with Crippen LogP contribution in [0.1, 0.15) is 12.0 Å². The van der Waals surface area contributed by atoms with Gasteiger partial charge < -0.3 is 10.1 Å². The van der Waals surface area contributed by atoms with E-state index in [0.717, 1.165) is 4.57 Å². The number of rotatable bonds is 8. The fourth-order valence-electron chi connectivity index (χ4n) is 2.87. The summed E-state index contributed by atoms with van der Waals surface area (Å²) in [5.74, 6) is -0.843. The van der Waals surface area contributed by atoms with Gasteiger partial charge in [0.2, 0.25) is 5.91 Å². The molecule has 0 saturated heterocycles. The Morgan fingerprint density at radius 2 is 2.00 bits per heavy atom. The summed E-state index contributed by atoms with van der Waals surface area (Å²) in [6.45, 7) is 0.510. The third-order valence-corrected chi connectivity index (χ3v) is 5.16. The van der Waals surface area contributed by atoms with Crippen LogP contribution in [-0.4, -0.2) is 35.3 Å². The maximum absolute atomic E-state index is 14.0. The van der Waals surface area contributed by atoms with Crippen LogP contribution in [-0.2, 0) is 22.6 Å². The molecule has 0 radical (unpaired) electrons. The molecule has 1 amide bonds. The van der Waals surface area contributed by atoms with Gasteiger partial charge in [-0.05, 0) is 23.9 Å². The Bertz CT molecular complexity index is 1100. The number of methoxy groups -OCH3 is 1. The van der Waals surface area contributed by atoms with E-state index in [9.17, 15) is 18.8 Å². The Morgan fingerprint density at radius 1 is 1.21 bits per heavy atom. The summed E-state index contributed by atoms with van der Waals surface area (Å²) < 4.78 is 21.5. The largest absolute Gasteiger partial charge is 0.385 e. The number of ether oxygens (including phenoxy) is 1. The fourth-order valence-corrected chi connectivity index (χ4v) is 3.71. The molecule has 0 atom stereocenters. The van der Waals surface area contributed by atoms with Gasteiger partial charge in [0.1, 0.15) is 17.1 Å². The molecule has 1 N–H and O–H groups in total. The Kier molecular flexibility index (Phi) is 6.37. The lowest BCUT2D eigenvalue weighted by molar-refractivity contribution is -0.121. The molecule has 3 aromatic rings. The van der Waals surface area contributed by atoms with Crippen molar-refractivity contribution in [1.82, 2.24) is 14.5 Å². The molecular weight excluding hydrogens is 385 g/mol. The minimum absolute atomic E-state index is 0.201. The minimum Gasteiger partial charge on any atom is -0.385 e. The monoisotopic (exact) mass is 405 g/mol. The second-order valence-electron chi connectivity index (χ2n) is 6.18. The van der Waals surface area contributed by atoms with Gasteiger partial charge in [0, 0.05) is 25.8 Å². The van der Waals surface area contributed by atoms with Crippen molar-refractivity contribution in [3.8, 4) is 0 Å². The van der Waals surface area contributed by atoms with E-state index in [1.165, 1.54) is 34.1 Å². The summed E-state index contributed by atoms with van der Waals surface area (Å²) >= 11 is 1.18. The first-order valence-corrected chi connectivity index (χ1v) is 9.60. The molecule has 0 unspecified atom stereocenters. The van der Waals surface area contributed by atoms with Crippen molar-refractivity contribution in [2.75, 3.05) is 20.3 Å². The Hall–Kier alpha value is -2.78. The van der Waals surface area contributed by atoms with Crippen LogP contribution in [0.15, 0.2) is 45.3 Å². The number of carbonyl (C=O) groups is 1. The average Bonchev–Trinajstić information content (AvgIpc) is 3.17. The summed E-state index contributed by atoms with van der Waals surface area (Å²) in [5, 5.41) is 4.41. The number of hydrogen-bond donors (Lipinski definition) is 1. The van der Waals surface area contributed by atoms with Crippen LogP contribution in [0.25, 0.3) is 10.2 Å². The second-order valence-corrected chi connectivity index (χ2v) is 7.10. The molecule has 148 valence electrons. The van der Waals surface area contributed by atoms with Gasteiger partial charge >= 0.3 is 5.69 Å². The average molecular weight is 405 g/mol. The van der Waals surface area contributed by atoms with E-state index in [4.69, 9.17) is 4.74 Å². The molecule has 1 aromatic carbocycles. The molecule has 2 heterocycles. The van der Waals surface area contributed by atoms with Crippen molar-refractivity contribution in [1.29, 1.82) is 0 Å². The lowest BCUT2D eigenvalue weighted by atomic mass is 10.2. The van der Waals surface area contributed by atoms with Crippen LogP contribution >= 0.6 is 11.3 Å². The van der Waals surface area contributed by atoms with E-state index in [2.05, 4.69) is 5.32 Å². The van der Waals surface area contributed by atoms with Crippen LogP contribution in [0.4, 0.5) is 4.39 Å². The standard InChI is InChI=1S/C19H20FN3O4S/c1-27-9-4-8-21-16(24)12-22-15-7-10-28-17(15)18(25)23(19(22)26)11-13-5-2-3-6-14(13)20/h2-3,5-7,10H,4,8-9,11-12H2,1H3,(H,21,24). The van der Waals surface area contributed by atoms with Crippen LogP contribution in [0.5, 0.6) is 0 Å². The zero-order valence-electron chi connectivity index (χ0n) is 15.3. The summed E-state index contributed by atoms with van der Waals surface area (Å²) in [4.78, 5) is 37.9. The lowest BCUT2D eigenvalue weighted by Crippen LogP contribution is -2.42. The number of aromatic nitrogens is 2. The highest BCUT2D eigenvalue weighted by atomic mass is 32.1. The highest BCUT2D eigenvalue weighted by molar-refractivity contribution is 7.17. The zero-order chi connectivity index (χ0) is 20.1. The Morgan fingerprint density at radius 3 is 2.75 bits per heavy atom. The van der Waals surface area contributed by atoms with Crippen molar-refractivity contribution in [3.63, 3.8) is 0 Å². The van der Waals surface area contributed by atoms with Gasteiger partial charge in [-0.1, -0.05) is 18.2 Å². The number of nitrogens with zero attached hydrogens (tertiary/aromatic N) is 2. The molecule has 7 nitrogen and oxygen atoms in total. The number of hydrogen-bond acceptors (Lipinski definition) is 5. The molecule has 9 heteroatoms. The van der Waals surface area contributed by atoms with Gasteiger partial charge in [-0.25, -0.2) is 9.18 Å². The van der Waals surface area contributed by atoms with E-state index in [1.807, 2.05) is 0 Å². The molecule has 2 aromatic heterocycles. The van der Waals surface area contributed by atoms with E-state index in [0.29, 0.717) is 29.8 Å². The molecule has 28 heavy (non-hydrogen) atoms. The van der Waals surface area contributed by atoms with Gasteiger partial charge in [-0.15, -0.1) is 11.3 Å². The number of thiophene rings is 1. The molecule has 3 rings (SSSR count). The van der Waals surface area contributed by atoms with Crippen LogP contribution < -0.4 is 16.6 Å². The number of nitrogens with one attached hydrogen (secondary N) is 1. The van der Waals surface area contributed by atoms with Gasteiger partial charge in [0.25, 0.3) is 5.56 Å². The third-order valence-electron chi connectivity index (χ3n) is 4.27. The maximum atomic E-state index is 14.0. The fraction of sp³-hybridized carbons (Fsp3) is 0.316. The van der Waals surface area contributed by atoms with Crippen LogP contribution in [0.2, 0.25) is 0 Å². The summed E-state index contributed by atoms with van der Waals surface area (Å²) in [6.07, 6.45) is 0.651. The molecule has 0 spiro atoms. The molecular formula is C19H20FN3O4S. The first-order chi connectivity index (χ1) is 13.5. The van der Waals surface area contributed by atoms with Crippen molar-refractivity contribution in [2.45, 2.75) is 19.5 Å². The summed E-state index contributed by atoms with van der Waals surface area (Å²) in [5.41, 5.74) is -0.508. The van der Waals surface area contributed by atoms with Gasteiger partial charge in [0.05, 0.1) is 12.1 Å². The van der Waals surface area contributed by atoms with Gasteiger partial charge in [0.15, 0.2) is 0 Å². The lowest BCUT2D eigenvalue weighted by Gasteiger charge is -2.13. The molecule has 0 fully saturated rings. The van der Waals surface area contributed by atoms with E-state index in [-0.39, 0.29) is 24.6 Å². The highest BCUT2D eigenvalue weighted by Crippen LogP contribution is 2.16. The van der Waals surface area contributed by atoms with Crippen molar-refractivity contribution < 1.29 is 13.9 Å². The number of benzene rings is 1. The molecule has 0 saturated carbocycles. The van der Waals surface area contributed by atoms with E-state index >= 15 is 0 Å². The summed E-state index contributed by atoms with van der Waals surface area (Å²) in [7, 11) is 1.58. The molecule has 0 aliphatic heterocycles. The quantitative estimate of drug-likeness (QED) is 0.577. The van der Waals surface area contributed by atoms with Gasteiger partial charge in [-0.2, -0.15) is 0 Å². The van der Waals surface area contributed by atoms with Gasteiger partial charge in [-0.3, -0.25) is 18.7 Å². The Balaban J connectivity index is 1.95. The second kappa shape index (κ2) is 8.94. The molecule has 0 aliphatic carbocycles.